The van der Waals surface area contributed by atoms with Gasteiger partial charge in [-0.15, -0.1) is 0 Å². The maximum Gasteiger partial charge on any atom is 0.228 e. The highest BCUT2D eigenvalue weighted by molar-refractivity contribution is 5.98. The summed E-state index contributed by atoms with van der Waals surface area (Å²) < 4.78 is 5.43. The summed E-state index contributed by atoms with van der Waals surface area (Å²) >= 11 is 0. The summed E-state index contributed by atoms with van der Waals surface area (Å²) in [5.74, 6) is 0.00191. The summed E-state index contributed by atoms with van der Waals surface area (Å²) in [5.41, 5.74) is 2.96. The molecule has 1 heterocycles. The van der Waals surface area contributed by atoms with E-state index in [0.29, 0.717) is 6.42 Å². The van der Waals surface area contributed by atoms with Gasteiger partial charge in [-0.3, -0.25) is 4.79 Å². The van der Waals surface area contributed by atoms with Crippen molar-refractivity contribution in [1.82, 2.24) is 0 Å². The quantitative estimate of drug-likeness (QED) is 0.780. The minimum Gasteiger partial charge on any atom is -0.378 e. The smallest absolute Gasteiger partial charge is 0.228 e. The van der Waals surface area contributed by atoms with Gasteiger partial charge in [0.2, 0.25) is 5.91 Å². The van der Waals surface area contributed by atoms with Crippen LogP contribution in [-0.2, 0) is 16.0 Å². The molecule has 3 aromatic rings. The molecular weight excluding hydrogens is 324 g/mol. The van der Waals surface area contributed by atoms with Gasteiger partial charge < -0.3 is 15.0 Å². The molecule has 132 valence electrons. The molecular formula is C22H22N2O2. The van der Waals surface area contributed by atoms with Crippen LogP contribution >= 0.6 is 0 Å². The first-order chi connectivity index (χ1) is 12.8. The van der Waals surface area contributed by atoms with Crippen molar-refractivity contribution < 1.29 is 9.53 Å². The van der Waals surface area contributed by atoms with Crippen molar-refractivity contribution >= 4 is 28.1 Å². The number of nitrogens with one attached hydrogen (secondary N) is 1. The van der Waals surface area contributed by atoms with Crippen LogP contribution in [0.5, 0.6) is 0 Å². The molecule has 0 unspecified atom stereocenters. The molecule has 3 aromatic carbocycles. The Morgan fingerprint density at radius 1 is 0.923 bits per heavy atom. The van der Waals surface area contributed by atoms with Gasteiger partial charge in [-0.25, -0.2) is 0 Å². The van der Waals surface area contributed by atoms with Crippen LogP contribution in [-0.4, -0.2) is 32.2 Å². The van der Waals surface area contributed by atoms with Gasteiger partial charge >= 0.3 is 0 Å². The molecule has 1 amide bonds. The molecule has 0 aliphatic carbocycles. The fourth-order valence-electron chi connectivity index (χ4n) is 3.47. The first kappa shape index (κ1) is 16.6. The Labute approximate surface area is 153 Å². The van der Waals surface area contributed by atoms with E-state index in [1.54, 1.807) is 0 Å². The van der Waals surface area contributed by atoms with Crippen LogP contribution in [0.3, 0.4) is 0 Å². The van der Waals surface area contributed by atoms with Gasteiger partial charge in [0.15, 0.2) is 0 Å². The van der Waals surface area contributed by atoms with Crippen LogP contribution in [0.1, 0.15) is 5.56 Å². The zero-order valence-electron chi connectivity index (χ0n) is 14.7. The number of carbonyl (C=O) groups is 1. The number of para-hydroxylation sites is 2. The van der Waals surface area contributed by atoms with Crippen LogP contribution < -0.4 is 10.2 Å². The molecule has 0 radical (unpaired) electrons. The average Bonchev–Trinajstić information content (AvgIpc) is 2.69. The summed E-state index contributed by atoms with van der Waals surface area (Å²) in [4.78, 5) is 15.0. The van der Waals surface area contributed by atoms with Crippen LogP contribution in [0, 0.1) is 0 Å². The van der Waals surface area contributed by atoms with E-state index in [1.807, 2.05) is 42.5 Å². The van der Waals surface area contributed by atoms with Crippen LogP contribution in [0.2, 0.25) is 0 Å². The number of ether oxygens (including phenoxy) is 1. The number of hydrogen-bond donors (Lipinski definition) is 1. The van der Waals surface area contributed by atoms with E-state index in [-0.39, 0.29) is 5.91 Å². The SMILES string of the molecule is O=C(Cc1cccc2ccccc12)Nc1ccccc1N1CCOCC1. The van der Waals surface area contributed by atoms with Crippen LogP contribution in [0.15, 0.2) is 66.7 Å². The van der Waals surface area contributed by atoms with Crippen molar-refractivity contribution in [3.8, 4) is 0 Å². The Hall–Kier alpha value is -2.85. The van der Waals surface area contributed by atoms with E-state index in [0.717, 1.165) is 54.0 Å². The molecule has 4 heteroatoms. The molecule has 1 N–H and O–H groups in total. The molecule has 0 aromatic heterocycles. The lowest BCUT2D eigenvalue weighted by molar-refractivity contribution is -0.115. The maximum absolute atomic E-state index is 12.7. The van der Waals surface area contributed by atoms with E-state index < -0.39 is 0 Å². The van der Waals surface area contributed by atoms with E-state index in [1.165, 1.54) is 0 Å². The standard InChI is InChI=1S/C22H22N2O2/c25-22(16-18-8-5-7-17-6-1-2-9-19(17)18)23-20-10-3-4-11-21(20)24-12-14-26-15-13-24/h1-11H,12-16H2,(H,23,25). The molecule has 0 spiro atoms. The van der Waals surface area contributed by atoms with Gasteiger partial charge in [-0.05, 0) is 28.5 Å². The largest absolute Gasteiger partial charge is 0.378 e. The van der Waals surface area contributed by atoms with Crippen molar-refractivity contribution in [3.63, 3.8) is 0 Å². The summed E-state index contributed by atoms with van der Waals surface area (Å²) in [5, 5.41) is 5.39. The highest BCUT2D eigenvalue weighted by atomic mass is 16.5. The van der Waals surface area contributed by atoms with Gasteiger partial charge in [-0.1, -0.05) is 54.6 Å². The molecule has 1 aliphatic heterocycles. The number of carbonyl (C=O) groups excluding carboxylic acids is 1. The lowest BCUT2D eigenvalue weighted by Gasteiger charge is -2.30. The van der Waals surface area contributed by atoms with Gasteiger partial charge in [0.05, 0.1) is 31.0 Å². The number of hydrogen-bond acceptors (Lipinski definition) is 3. The topological polar surface area (TPSA) is 41.6 Å². The summed E-state index contributed by atoms with van der Waals surface area (Å²) in [6, 6.07) is 22.3. The zero-order chi connectivity index (χ0) is 17.8. The van der Waals surface area contributed by atoms with Crippen LogP contribution in [0.25, 0.3) is 10.8 Å². The number of rotatable bonds is 4. The minimum atomic E-state index is 0.00191. The Morgan fingerprint density at radius 2 is 1.65 bits per heavy atom. The number of benzene rings is 3. The Kier molecular flexibility index (Phi) is 4.84. The fraction of sp³-hybridized carbons (Fsp3) is 0.227. The molecule has 0 atom stereocenters. The van der Waals surface area contributed by atoms with E-state index >= 15 is 0 Å². The zero-order valence-corrected chi connectivity index (χ0v) is 14.7. The Balaban J connectivity index is 1.53. The second kappa shape index (κ2) is 7.58. The Bertz CT molecular complexity index is 911. The number of anilines is 2. The maximum atomic E-state index is 12.7. The van der Waals surface area contributed by atoms with Crippen molar-refractivity contribution in [2.75, 3.05) is 36.5 Å². The summed E-state index contributed by atoms with van der Waals surface area (Å²) in [6.07, 6.45) is 0.360. The number of fused-ring (bicyclic) bond motifs is 1. The van der Waals surface area contributed by atoms with E-state index in [2.05, 4.69) is 34.5 Å². The van der Waals surface area contributed by atoms with Crippen molar-refractivity contribution in [2.24, 2.45) is 0 Å². The highest BCUT2D eigenvalue weighted by Crippen LogP contribution is 2.27. The number of morpholine rings is 1. The first-order valence-corrected chi connectivity index (χ1v) is 8.99. The summed E-state index contributed by atoms with van der Waals surface area (Å²) in [6.45, 7) is 3.13. The molecule has 4 rings (SSSR count). The third-order valence-corrected chi connectivity index (χ3v) is 4.76. The predicted molar refractivity (Wildman–Crippen MR) is 106 cm³/mol. The first-order valence-electron chi connectivity index (χ1n) is 8.99. The molecule has 4 nitrogen and oxygen atoms in total. The van der Waals surface area contributed by atoms with Gasteiger partial charge in [-0.2, -0.15) is 0 Å². The van der Waals surface area contributed by atoms with Crippen molar-refractivity contribution in [3.05, 3.63) is 72.3 Å². The van der Waals surface area contributed by atoms with Crippen molar-refractivity contribution in [2.45, 2.75) is 6.42 Å². The number of nitrogens with zero attached hydrogens (tertiary/aromatic N) is 1. The Morgan fingerprint density at radius 3 is 2.54 bits per heavy atom. The van der Waals surface area contributed by atoms with E-state index in [4.69, 9.17) is 4.74 Å². The molecule has 26 heavy (non-hydrogen) atoms. The third kappa shape index (κ3) is 3.55. The summed E-state index contributed by atoms with van der Waals surface area (Å²) in [7, 11) is 0. The van der Waals surface area contributed by atoms with Gasteiger partial charge in [0, 0.05) is 13.1 Å². The van der Waals surface area contributed by atoms with Gasteiger partial charge in [0.25, 0.3) is 0 Å². The molecule has 1 saturated heterocycles. The molecule has 1 aliphatic rings. The lowest BCUT2D eigenvalue weighted by atomic mass is 10.0. The van der Waals surface area contributed by atoms with Crippen LogP contribution in [0.4, 0.5) is 11.4 Å². The average molecular weight is 346 g/mol. The predicted octanol–water partition coefficient (Wildman–Crippen LogP) is 3.86. The monoisotopic (exact) mass is 346 g/mol. The third-order valence-electron chi connectivity index (χ3n) is 4.76. The fourth-order valence-corrected chi connectivity index (χ4v) is 3.47. The van der Waals surface area contributed by atoms with Crippen molar-refractivity contribution in [1.29, 1.82) is 0 Å². The second-order valence-corrected chi connectivity index (χ2v) is 6.48. The lowest BCUT2D eigenvalue weighted by Crippen LogP contribution is -2.36. The minimum absolute atomic E-state index is 0.00191. The molecule has 0 saturated carbocycles. The number of amides is 1. The second-order valence-electron chi connectivity index (χ2n) is 6.48. The molecule has 1 fully saturated rings. The highest BCUT2D eigenvalue weighted by Gasteiger charge is 2.16. The molecule has 0 bridgehead atoms. The van der Waals surface area contributed by atoms with Gasteiger partial charge in [0.1, 0.15) is 0 Å². The van der Waals surface area contributed by atoms with E-state index in [9.17, 15) is 4.79 Å². The normalized spacial score (nSPS) is 14.4.